The fourth-order valence-electron chi connectivity index (χ4n) is 3.64. The minimum Gasteiger partial charge on any atom is -0.390 e. The lowest BCUT2D eigenvalue weighted by Crippen LogP contribution is -2.49. The highest BCUT2D eigenvalue weighted by Crippen LogP contribution is 2.16. The van der Waals surface area contributed by atoms with Gasteiger partial charge in [0.25, 0.3) is 0 Å². The Morgan fingerprint density at radius 3 is 2.42 bits per heavy atom. The van der Waals surface area contributed by atoms with Crippen molar-refractivity contribution in [1.29, 1.82) is 0 Å². The minimum absolute atomic E-state index is 0.0868. The van der Waals surface area contributed by atoms with Crippen LogP contribution in [0.5, 0.6) is 0 Å². The van der Waals surface area contributed by atoms with Crippen molar-refractivity contribution in [3.63, 3.8) is 0 Å². The van der Waals surface area contributed by atoms with Crippen molar-refractivity contribution >= 4 is 17.7 Å². The quantitative estimate of drug-likeness (QED) is 0.320. The number of rotatable bonds is 12. The molecule has 0 saturated carbocycles. The van der Waals surface area contributed by atoms with Gasteiger partial charge in [-0.1, -0.05) is 12.1 Å². The summed E-state index contributed by atoms with van der Waals surface area (Å²) in [6.07, 6.45) is 1.61. The Hall–Kier alpha value is -2.04. The van der Waals surface area contributed by atoms with Crippen LogP contribution < -0.4 is 10.6 Å². The van der Waals surface area contributed by atoms with E-state index in [0.29, 0.717) is 31.7 Å². The molecule has 0 aromatic heterocycles. The van der Waals surface area contributed by atoms with Crippen LogP contribution in [0.15, 0.2) is 47.4 Å². The number of aliphatic hydroxyl groups is 1. The molecule has 1 aliphatic heterocycles. The number of carbonyl (C=O) groups is 1. The number of carbonyl (C=O) groups excluding carboxylic acids is 1. The molecule has 0 spiro atoms. The molecule has 0 radical (unpaired) electrons. The summed E-state index contributed by atoms with van der Waals surface area (Å²) in [4.78, 5) is 13.8. The molecule has 2 atom stereocenters. The normalized spacial score (nSPS) is 16.0. The maximum atomic E-state index is 13.7. The average Bonchev–Trinajstić information content (AvgIpc) is 3.29. The van der Waals surface area contributed by atoms with Gasteiger partial charge in [-0.2, -0.15) is 0 Å². The maximum absolute atomic E-state index is 13.7. The van der Waals surface area contributed by atoms with Gasteiger partial charge in [0.2, 0.25) is 5.91 Å². The largest absolute Gasteiger partial charge is 0.390 e. The van der Waals surface area contributed by atoms with Crippen LogP contribution in [0.3, 0.4) is 0 Å². The third-order valence-electron chi connectivity index (χ3n) is 5.31. The van der Waals surface area contributed by atoms with E-state index in [4.69, 9.17) is 9.47 Å². The van der Waals surface area contributed by atoms with Gasteiger partial charge in [-0.15, -0.1) is 11.8 Å². The molecule has 1 fully saturated rings. The Kier molecular flexibility index (Phi) is 10.1. The summed E-state index contributed by atoms with van der Waals surface area (Å²) >= 11 is 1.61. The van der Waals surface area contributed by atoms with Gasteiger partial charge < -0.3 is 25.2 Å². The summed E-state index contributed by atoms with van der Waals surface area (Å²) in [6.45, 7) is 1.90. The van der Waals surface area contributed by atoms with E-state index in [2.05, 4.69) is 10.6 Å². The van der Waals surface area contributed by atoms with Crippen LogP contribution in [-0.2, 0) is 27.1 Å². The summed E-state index contributed by atoms with van der Waals surface area (Å²) in [7, 11) is 0. The highest BCUT2D eigenvalue weighted by Gasteiger charge is 2.23. The number of benzene rings is 2. The molecule has 0 bridgehead atoms. The Bertz CT molecular complexity index is 874. The highest BCUT2D eigenvalue weighted by molar-refractivity contribution is 7.98. The van der Waals surface area contributed by atoms with Gasteiger partial charge in [-0.05, 0) is 48.1 Å². The first-order valence-corrected chi connectivity index (χ1v) is 12.1. The topological polar surface area (TPSA) is 79.8 Å². The molecular weight excluding hydrogens is 450 g/mol. The van der Waals surface area contributed by atoms with Crippen LogP contribution in [0.25, 0.3) is 0 Å². The van der Waals surface area contributed by atoms with E-state index in [-0.39, 0.29) is 31.6 Å². The lowest BCUT2D eigenvalue weighted by molar-refractivity contribution is -0.122. The van der Waals surface area contributed by atoms with Crippen LogP contribution in [0.1, 0.15) is 17.5 Å². The Morgan fingerprint density at radius 2 is 1.79 bits per heavy atom. The Morgan fingerprint density at radius 1 is 1.12 bits per heavy atom. The standard InChI is InChI=1S/C24H30F2N2O4S/c1-33-20-4-2-16(3-5-20)13-23(30)28-21(12-17-10-18(25)14-19(26)11-17)22(29)15-27-7-6-24-31-8-9-32-24/h2-5,10-11,14,21-22,24,27,29H,6-9,12-13,15H2,1H3,(H,28,30)/t21-,22-/m0/s1. The van der Waals surface area contributed by atoms with Gasteiger partial charge in [-0.3, -0.25) is 4.79 Å². The molecule has 3 N–H and O–H groups in total. The van der Waals surface area contributed by atoms with Crippen LogP contribution in [0.4, 0.5) is 8.78 Å². The van der Waals surface area contributed by atoms with Crippen molar-refractivity contribution in [2.24, 2.45) is 0 Å². The molecule has 2 aromatic rings. The van der Waals surface area contributed by atoms with Crippen LogP contribution in [-0.4, -0.2) is 62.0 Å². The van der Waals surface area contributed by atoms with E-state index >= 15 is 0 Å². The summed E-state index contributed by atoms with van der Waals surface area (Å²) in [6, 6.07) is 10.1. The monoisotopic (exact) mass is 480 g/mol. The number of hydrogen-bond acceptors (Lipinski definition) is 6. The number of aliphatic hydroxyl groups excluding tert-OH is 1. The molecule has 6 nitrogen and oxygen atoms in total. The Labute approximate surface area is 197 Å². The summed E-state index contributed by atoms with van der Waals surface area (Å²) in [5.74, 6) is -1.68. The Balaban J connectivity index is 1.59. The molecule has 3 rings (SSSR count). The molecule has 1 saturated heterocycles. The van der Waals surface area contributed by atoms with Crippen molar-refractivity contribution in [2.75, 3.05) is 32.6 Å². The first-order chi connectivity index (χ1) is 15.9. The zero-order chi connectivity index (χ0) is 23.6. The van der Waals surface area contributed by atoms with Gasteiger partial charge in [0.15, 0.2) is 6.29 Å². The predicted molar refractivity (Wildman–Crippen MR) is 123 cm³/mol. The zero-order valence-corrected chi connectivity index (χ0v) is 19.4. The molecule has 180 valence electrons. The maximum Gasteiger partial charge on any atom is 0.224 e. The van der Waals surface area contributed by atoms with Crippen molar-refractivity contribution < 1.29 is 28.2 Å². The van der Waals surface area contributed by atoms with E-state index in [0.717, 1.165) is 16.5 Å². The van der Waals surface area contributed by atoms with E-state index < -0.39 is 23.8 Å². The lowest BCUT2D eigenvalue weighted by Gasteiger charge is -2.25. The molecule has 1 heterocycles. The molecule has 2 aromatic carbocycles. The molecule has 1 amide bonds. The van der Waals surface area contributed by atoms with E-state index in [9.17, 15) is 18.7 Å². The fourth-order valence-corrected chi connectivity index (χ4v) is 4.05. The second-order valence-electron chi connectivity index (χ2n) is 7.91. The third kappa shape index (κ3) is 8.68. The van der Waals surface area contributed by atoms with Crippen molar-refractivity contribution in [2.45, 2.75) is 42.6 Å². The molecule has 9 heteroatoms. The number of hydrogen-bond donors (Lipinski definition) is 3. The first-order valence-electron chi connectivity index (χ1n) is 10.9. The molecule has 33 heavy (non-hydrogen) atoms. The number of amides is 1. The SMILES string of the molecule is CSc1ccc(CC(=O)N[C@@H](Cc2cc(F)cc(F)c2)[C@@H](O)CNCCC2OCCO2)cc1. The van der Waals surface area contributed by atoms with Crippen LogP contribution in [0.2, 0.25) is 0 Å². The van der Waals surface area contributed by atoms with Crippen molar-refractivity contribution in [3.05, 3.63) is 65.2 Å². The van der Waals surface area contributed by atoms with Gasteiger partial charge in [-0.25, -0.2) is 8.78 Å². The fraction of sp³-hybridized carbons (Fsp3) is 0.458. The van der Waals surface area contributed by atoms with Gasteiger partial charge in [0.1, 0.15) is 11.6 Å². The minimum atomic E-state index is -0.968. The second-order valence-corrected chi connectivity index (χ2v) is 8.79. The van der Waals surface area contributed by atoms with Crippen molar-refractivity contribution in [1.82, 2.24) is 10.6 Å². The molecule has 0 unspecified atom stereocenters. The third-order valence-corrected chi connectivity index (χ3v) is 6.06. The molecular formula is C24H30F2N2O4S. The summed E-state index contributed by atoms with van der Waals surface area (Å²) in [5, 5.41) is 16.7. The van der Waals surface area contributed by atoms with Crippen LogP contribution in [0, 0.1) is 11.6 Å². The van der Waals surface area contributed by atoms with Crippen molar-refractivity contribution in [3.8, 4) is 0 Å². The van der Waals surface area contributed by atoms with Gasteiger partial charge in [0.05, 0.1) is 31.8 Å². The number of thioether (sulfide) groups is 1. The summed E-state index contributed by atoms with van der Waals surface area (Å²) < 4.78 is 38.1. The smallest absolute Gasteiger partial charge is 0.224 e. The second kappa shape index (κ2) is 13.0. The van der Waals surface area contributed by atoms with Crippen LogP contribution >= 0.6 is 11.8 Å². The highest BCUT2D eigenvalue weighted by atomic mass is 32.2. The zero-order valence-electron chi connectivity index (χ0n) is 18.6. The lowest BCUT2D eigenvalue weighted by atomic mass is 10.00. The number of nitrogens with one attached hydrogen (secondary N) is 2. The number of ether oxygens (including phenoxy) is 2. The molecule has 1 aliphatic rings. The molecule has 0 aliphatic carbocycles. The van der Waals surface area contributed by atoms with Gasteiger partial charge >= 0.3 is 0 Å². The summed E-state index contributed by atoms with van der Waals surface area (Å²) in [5.41, 5.74) is 1.19. The average molecular weight is 481 g/mol. The van der Waals surface area contributed by atoms with E-state index in [1.807, 2.05) is 30.5 Å². The predicted octanol–water partition coefficient (Wildman–Crippen LogP) is 2.67. The van der Waals surface area contributed by atoms with E-state index in [1.165, 1.54) is 12.1 Å². The van der Waals surface area contributed by atoms with E-state index in [1.54, 1.807) is 11.8 Å². The number of halogens is 2. The first kappa shape index (κ1) is 25.6. The van der Waals surface area contributed by atoms with Gasteiger partial charge in [0, 0.05) is 30.5 Å².